The second-order valence-corrected chi connectivity index (χ2v) is 5.83. The van der Waals surface area contributed by atoms with Crippen LogP contribution in [0.1, 0.15) is 35.7 Å². The fourth-order valence-corrected chi connectivity index (χ4v) is 2.45. The number of amides is 2. The van der Waals surface area contributed by atoms with E-state index in [-0.39, 0.29) is 12.5 Å². The highest BCUT2D eigenvalue weighted by Crippen LogP contribution is 2.09. The molecule has 0 atom stereocenters. The summed E-state index contributed by atoms with van der Waals surface area (Å²) in [5.74, 6) is -0.0997. The van der Waals surface area contributed by atoms with Gasteiger partial charge in [0.25, 0.3) is 5.91 Å². The summed E-state index contributed by atoms with van der Waals surface area (Å²) in [5, 5.41) is 9.11. The molecule has 0 saturated heterocycles. The maximum absolute atomic E-state index is 11.8. The van der Waals surface area contributed by atoms with E-state index in [0.29, 0.717) is 18.2 Å². The number of benzene rings is 1. The summed E-state index contributed by atoms with van der Waals surface area (Å²) >= 11 is 0. The standard InChI is InChI=1S/C18H25N5O2/c1-2-20-18(23-15-5-3-4-6-15)22-11-13-7-9-14(10-8-13)17(25)21-12-16(19)24/h3-4,7-10,15H,2,5-6,11-12H2,1H3,(H2,19,24)(H,21,25)(H2,20,22,23). The molecule has 0 radical (unpaired) electrons. The zero-order valence-corrected chi connectivity index (χ0v) is 14.4. The van der Waals surface area contributed by atoms with Gasteiger partial charge in [0, 0.05) is 18.2 Å². The summed E-state index contributed by atoms with van der Waals surface area (Å²) in [7, 11) is 0. The molecule has 0 heterocycles. The van der Waals surface area contributed by atoms with Gasteiger partial charge in [0.2, 0.25) is 5.91 Å². The van der Waals surface area contributed by atoms with E-state index >= 15 is 0 Å². The smallest absolute Gasteiger partial charge is 0.251 e. The minimum Gasteiger partial charge on any atom is -0.368 e. The van der Waals surface area contributed by atoms with Crippen LogP contribution in [0.5, 0.6) is 0 Å². The van der Waals surface area contributed by atoms with E-state index in [1.165, 1.54) is 0 Å². The Morgan fingerprint density at radius 2 is 1.84 bits per heavy atom. The number of carbonyl (C=O) groups is 2. The average Bonchev–Trinajstić information content (AvgIpc) is 3.11. The first-order chi connectivity index (χ1) is 12.1. The average molecular weight is 343 g/mol. The molecule has 25 heavy (non-hydrogen) atoms. The molecule has 0 aromatic heterocycles. The molecule has 2 amide bonds. The highest BCUT2D eigenvalue weighted by molar-refractivity contribution is 5.96. The number of hydrogen-bond acceptors (Lipinski definition) is 3. The largest absolute Gasteiger partial charge is 0.368 e. The van der Waals surface area contributed by atoms with Crippen LogP contribution in [-0.4, -0.2) is 36.9 Å². The predicted molar refractivity (Wildman–Crippen MR) is 98.1 cm³/mol. The number of primary amides is 1. The van der Waals surface area contributed by atoms with E-state index in [2.05, 4.69) is 33.1 Å². The molecule has 2 rings (SSSR count). The van der Waals surface area contributed by atoms with Crippen LogP contribution < -0.4 is 21.7 Å². The van der Waals surface area contributed by atoms with Crippen LogP contribution >= 0.6 is 0 Å². The lowest BCUT2D eigenvalue weighted by Gasteiger charge is -2.16. The Bertz CT molecular complexity index is 644. The van der Waals surface area contributed by atoms with Crippen molar-refractivity contribution in [3.63, 3.8) is 0 Å². The first-order valence-electron chi connectivity index (χ1n) is 8.43. The minimum absolute atomic E-state index is 0.168. The predicted octanol–water partition coefficient (Wildman–Crippen LogP) is 0.675. The van der Waals surface area contributed by atoms with Gasteiger partial charge < -0.3 is 21.7 Å². The Hall–Kier alpha value is -2.83. The molecule has 7 heteroatoms. The number of nitrogens with one attached hydrogen (secondary N) is 3. The zero-order valence-electron chi connectivity index (χ0n) is 14.4. The van der Waals surface area contributed by atoms with Crippen molar-refractivity contribution in [2.75, 3.05) is 13.1 Å². The van der Waals surface area contributed by atoms with Crippen molar-refractivity contribution >= 4 is 17.8 Å². The lowest BCUT2D eigenvalue weighted by Crippen LogP contribution is -2.42. The molecule has 1 aromatic rings. The number of hydrogen-bond donors (Lipinski definition) is 4. The van der Waals surface area contributed by atoms with Gasteiger partial charge in [-0.1, -0.05) is 24.3 Å². The number of rotatable bonds is 7. The van der Waals surface area contributed by atoms with Crippen LogP contribution in [0.15, 0.2) is 41.4 Å². The van der Waals surface area contributed by atoms with Gasteiger partial charge in [0.1, 0.15) is 0 Å². The lowest BCUT2D eigenvalue weighted by atomic mass is 10.1. The third-order valence-electron chi connectivity index (χ3n) is 3.75. The second kappa shape index (κ2) is 9.46. The van der Waals surface area contributed by atoms with E-state index in [4.69, 9.17) is 5.73 Å². The molecular formula is C18H25N5O2. The maximum Gasteiger partial charge on any atom is 0.251 e. The number of aliphatic imine (C=N–C) groups is 1. The number of guanidine groups is 1. The normalized spacial score (nSPS) is 14.4. The number of nitrogens with zero attached hydrogens (tertiary/aromatic N) is 1. The highest BCUT2D eigenvalue weighted by atomic mass is 16.2. The summed E-state index contributed by atoms with van der Waals surface area (Å²) < 4.78 is 0. The van der Waals surface area contributed by atoms with E-state index in [9.17, 15) is 9.59 Å². The zero-order chi connectivity index (χ0) is 18.1. The molecule has 0 spiro atoms. The molecule has 7 nitrogen and oxygen atoms in total. The fourth-order valence-electron chi connectivity index (χ4n) is 2.45. The van der Waals surface area contributed by atoms with Gasteiger partial charge in [-0.3, -0.25) is 9.59 Å². The van der Waals surface area contributed by atoms with E-state index in [0.717, 1.165) is 30.9 Å². The van der Waals surface area contributed by atoms with Gasteiger partial charge in [-0.05, 0) is 37.5 Å². The van der Waals surface area contributed by atoms with Gasteiger partial charge in [0.05, 0.1) is 13.1 Å². The lowest BCUT2D eigenvalue weighted by molar-refractivity contribution is -0.117. The van der Waals surface area contributed by atoms with Gasteiger partial charge in [-0.25, -0.2) is 4.99 Å². The van der Waals surface area contributed by atoms with E-state index in [1.54, 1.807) is 12.1 Å². The van der Waals surface area contributed by atoms with Crippen molar-refractivity contribution < 1.29 is 9.59 Å². The monoisotopic (exact) mass is 343 g/mol. The van der Waals surface area contributed by atoms with Crippen LogP contribution in [0.4, 0.5) is 0 Å². The van der Waals surface area contributed by atoms with Crippen molar-refractivity contribution in [3.05, 3.63) is 47.5 Å². The van der Waals surface area contributed by atoms with Crippen LogP contribution in [-0.2, 0) is 11.3 Å². The Kier molecular flexibility index (Phi) is 7.00. The molecule has 1 aliphatic carbocycles. The molecule has 0 bridgehead atoms. The summed E-state index contributed by atoms with van der Waals surface area (Å²) in [6.07, 6.45) is 6.37. The number of carbonyl (C=O) groups excluding carboxylic acids is 2. The van der Waals surface area contributed by atoms with Crippen LogP contribution in [0, 0.1) is 0 Å². The minimum atomic E-state index is -0.569. The van der Waals surface area contributed by atoms with Crippen molar-refractivity contribution in [1.29, 1.82) is 0 Å². The number of nitrogens with two attached hydrogens (primary N) is 1. The van der Waals surface area contributed by atoms with Gasteiger partial charge in [-0.2, -0.15) is 0 Å². The molecule has 0 saturated carbocycles. The molecule has 0 unspecified atom stereocenters. The second-order valence-electron chi connectivity index (χ2n) is 5.83. The highest BCUT2D eigenvalue weighted by Gasteiger charge is 2.11. The summed E-state index contributed by atoms with van der Waals surface area (Å²) in [6, 6.07) is 7.52. The Labute approximate surface area is 147 Å². The first-order valence-corrected chi connectivity index (χ1v) is 8.43. The Balaban J connectivity index is 1.91. The van der Waals surface area contributed by atoms with Crippen molar-refractivity contribution in [1.82, 2.24) is 16.0 Å². The molecule has 134 valence electrons. The SMILES string of the molecule is CCNC(=NCc1ccc(C(=O)NCC(N)=O)cc1)NC1CC=CC1. The topological polar surface area (TPSA) is 109 Å². The Morgan fingerprint density at radius 3 is 2.44 bits per heavy atom. The molecular weight excluding hydrogens is 318 g/mol. The summed E-state index contributed by atoms with van der Waals surface area (Å²) in [5.41, 5.74) is 6.49. The van der Waals surface area contributed by atoms with Crippen LogP contribution in [0.2, 0.25) is 0 Å². The van der Waals surface area contributed by atoms with Crippen LogP contribution in [0.3, 0.4) is 0 Å². The van der Waals surface area contributed by atoms with Gasteiger partial charge >= 0.3 is 0 Å². The van der Waals surface area contributed by atoms with Crippen molar-refractivity contribution in [2.24, 2.45) is 10.7 Å². The van der Waals surface area contributed by atoms with E-state index < -0.39 is 5.91 Å². The van der Waals surface area contributed by atoms with E-state index in [1.807, 2.05) is 19.1 Å². The summed E-state index contributed by atoms with van der Waals surface area (Å²) in [4.78, 5) is 27.1. The third-order valence-corrected chi connectivity index (χ3v) is 3.75. The molecule has 1 aromatic carbocycles. The van der Waals surface area contributed by atoms with Gasteiger partial charge in [0.15, 0.2) is 5.96 Å². The van der Waals surface area contributed by atoms with Crippen molar-refractivity contribution in [3.8, 4) is 0 Å². The molecule has 0 aliphatic heterocycles. The van der Waals surface area contributed by atoms with Crippen LogP contribution in [0.25, 0.3) is 0 Å². The maximum atomic E-state index is 11.8. The third kappa shape index (κ3) is 6.29. The van der Waals surface area contributed by atoms with Crippen molar-refractivity contribution in [2.45, 2.75) is 32.4 Å². The molecule has 0 fully saturated rings. The molecule has 1 aliphatic rings. The summed E-state index contributed by atoms with van der Waals surface area (Å²) in [6.45, 7) is 3.17. The Morgan fingerprint density at radius 1 is 1.16 bits per heavy atom. The fraction of sp³-hybridized carbons (Fsp3) is 0.389. The first kappa shape index (κ1) is 18.5. The van der Waals surface area contributed by atoms with Gasteiger partial charge in [-0.15, -0.1) is 0 Å². The molecule has 5 N–H and O–H groups in total. The quantitative estimate of drug-likeness (QED) is 0.331.